The van der Waals surface area contributed by atoms with Crippen LogP contribution in [0.25, 0.3) is 11.3 Å². The third-order valence-electron chi connectivity index (χ3n) is 7.87. The highest BCUT2D eigenvalue weighted by Crippen LogP contribution is 2.45. The smallest absolute Gasteiger partial charge is 0.247 e. The Morgan fingerprint density at radius 2 is 1.98 bits per heavy atom. The van der Waals surface area contributed by atoms with E-state index in [1.165, 1.54) is 23.0 Å². The Labute approximate surface area is 249 Å². The summed E-state index contributed by atoms with van der Waals surface area (Å²) in [6, 6.07) is 10.7. The van der Waals surface area contributed by atoms with Gasteiger partial charge in [0.15, 0.2) is 0 Å². The third-order valence-corrected chi connectivity index (χ3v) is 7.87. The maximum Gasteiger partial charge on any atom is 0.247 e. The Bertz CT molecular complexity index is 1470. The van der Waals surface area contributed by atoms with E-state index in [1.54, 1.807) is 13.3 Å². The van der Waals surface area contributed by atoms with E-state index in [4.69, 9.17) is 9.72 Å². The van der Waals surface area contributed by atoms with Gasteiger partial charge in [0.05, 0.1) is 47.9 Å². The number of methoxy groups -OCH3 is 1. The minimum Gasteiger partial charge on any atom is -0.494 e. The van der Waals surface area contributed by atoms with Crippen LogP contribution in [0.2, 0.25) is 0 Å². The number of benzene rings is 2. The molecule has 3 heterocycles. The molecule has 1 amide bonds. The molecule has 222 valence electrons. The first-order valence-corrected chi connectivity index (χ1v) is 14.5. The molecule has 2 aliphatic heterocycles. The van der Waals surface area contributed by atoms with Crippen molar-refractivity contribution in [2.75, 3.05) is 79.9 Å². The number of nitrogens with one attached hydrogen (secondary N) is 2. The van der Waals surface area contributed by atoms with Gasteiger partial charge in [-0.25, -0.2) is 9.97 Å². The molecule has 42 heavy (non-hydrogen) atoms. The second kappa shape index (κ2) is 12.3. The summed E-state index contributed by atoms with van der Waals surface area (Å²) in [7, 11) is 7.68. The molecule has 2 aromatic carbocycles. The number of ether oxygens (including phenoxy) is 1. The number of aromatic nitrogens is 2. The van der Waals surface area contributed by atoms with Crippen LogP contribution in [0.4, 0.5) is 34.4 Å². The number of anilines is 6. The molecule has 2 aliphatic rings. The number of likely N-dealkylation sites (N-methyl/N-ethyl adjacent to an activating group) is 2. The van der Waals surface area contributed by atoms with Crippen LogP contribution in [0.15, 0.2) is 49.2 Å². The molecule has 0 spiro atoms. The van der Waals surface area contributed by atoms with Gasteiger partial charge in [-0.05, 0) is 76.7 Å². The fourth-order valence-corrected chi connectivity index (χ4v) is 5.62. The van der Waals surface area contributed by atoms with E-state index >= 15 is 0 Å². The zero-order valence-electron chi connectivity index (χ0n) is 25.6. The standard InChI is InChI=1S/C32H42N8O2/c1-8-30(41)34-25-18-26(29(42-7)19-27(25)38(6)15-14-37(4)5)36-32-33-12-11-24(35-32)23-16-22-10-9-13-39-20-40(21(2)3)28(17-23)31(22)39/h8,11-12,16-19,21H,1,9-10,13-15,20H2,2-7H3,(H,34,41)(H,33,35,36). The van der Waals surface area contributed by atoms with Gasteiger partial charge >= 0.3 is 0 Å². The third kappa shape index (κ3) is 5.99. The Hall–Kier alpha value is -4.31. The predicted molar refractivity (Wildman–Crippen MR) is 173 cm³/mol. The highest BCUT2D eigenvalue weighted by Gasteiger charge is 2.32. The summed E-state index contributed by atoms with van der Waals surface area (Å²) in [5.41, 5.74) is 8.07. The average molecular weight is 571 g/mol. The molecular weight excluding hydrogens is 528 g/mol. The first kappa shape index (κ1) is 29.2. The molecular formula is C32H42N8O2. The minimum atomic E-state index is -0.291. The second-order valence-corrected chi connectivity index (χ2v) is 11.5. The van der Waals surface area contributed by atoms with Crippen molar-refractivity contribution in [2.45, 2.75) is 32.7 Å². The van der Waals surface area contributed by atoms with Crippen molar-refractivity contribution in [1.29, 1.82) is 0 Å². The van der Waals surface area contributed by atoms with E-state index in [1.807, 2.05) is 39.3 Å². The van der Waals surface area contributed by atoms with Gasteiger partial charge < -0.3 is 35.0 Å². The Kier molecular flexibility index (Phi) is 8.54. The highest BCUT2D eigenvalue weighted by atomic mass is 16.5. The first-order chi connectivity index (χ1) is 20.2. The minimum absolute atomic E-state index is 0.291. The van der Waals surface area contributed by atoms with Crippen molar-refractivity contribution in [3.05, 3.63) is 54.7 Å². The van der Waals surface area contributed by atoms with E-state index in [-0.39, 0.29) is 5.91 Å². The summed E-state index contributed by atoms with van der Waals surface area (Å²) in [5.74, 6) is 0.764. The second-order valence-electron chi connectivity index (χ2n) is 11.5. The molecule has 0 unspecified atom stereocenters. The maximum absolute atomic E-state index is 12.3. The zero-order chi connectivity index (χ0) is 30.0. The molecule has 0 bridgehead atoms. The summed E-state index contributed by atoms with van der Waals surface area (Å²) >= 11 is 0. The molecule has 5 rings (SSSR count). The lowest BCUT2D eigenvalue weighted by Gasteiger charge is -2.27. The lowest BCUT2D eigenvalue weighted by atomic mass is 9.97. The van der Waals surface area contributed by atoms with Crippen LogP contribution in [-0.2, 0) is 11.2 Å². The van der Waals surface area contributed by atoms with E-state index < -0.39 is 0 Å². The summed E-state index contributed by atoms with van der Waals surface area (Å²) in [4.78, 5) is 30.9. The molecule has 10 heteroatoms. The quantitative estimate of drug-likeness (QED) is 0.311. The Morgan fingerprint density at radius 1 is 1.17 bits per heavy atom. The fourth-order valence-electron chi connectivity index (χ4n) is 5.62. The summed E-state index contributed by atoms with van der Waals surface area (Å²) in [6.07, 6.45) is 5.26. The van der Waals surface area contributed by atoms with Gasteiger partial charge in [0.25, 0.3) is 0 Å². The zero-order valence-corrected chi connectivity index (χ0v) is 25.6. The van der Waals surface area contributed by atoms with Gasteiger partial charge in [-0.2, -0.15) is 0 Å². The van der Waals surface area contributed by atoms with Gasteiger partial charge in [-0.15, -0.1) is 0 Å². The van der Waals surface area contributed by atoms with Crippen LogP contribution in [0.3, 0.4) is 0 Å². The maximum atomic E-state index is 12.3. The summed E-state index contributed by atoms with van der Waals surface area (Å²) in [5, 5.41) is 6.28. The molecule has 0 aliphatic carbocycles. The SMILES string of the molecule is C=CC(=O)Nc1cc(Nc2nccc(-c3cc4c5c(c3)N(C(C)C)CN5CCC4)n2)c(OC)cc1N(C)CCN(C)C. The topological polar surface area (TPSA) is 89.1 Å². The van der Waals surface area contributed by atoms with Crippen molar-refractivity contribution in [2.24, 2.45) is 0 Å². The average Bonchev–Trinajstić information content (AvgIpc) is 3.36. The lowest BCUT2D eigenvalue weighted by molar-refractivity contribution is -0.111. The molecule has 0 atom stereocenters. The number of aryl methyl sites for hydroxylation is 1. The molecule has 1 aromatic heterocycles. The summed E-state index contributed by atoms with van der Waals surface area (Å²) < 4.78 is 5.77. The van der Waals surface area contributed by atoms with Crippen molar-refractivity contribution < 1.29 is 9.53 Å². The number of amides is 1. The van der Waals surface area contributed by atoms with Crippen molar-refractivity contribution in [1.82, 2.24) is 14.9 Å². The lowest BCUT2D eigenvalue weighted by Crippen LogP contribution is -2.36. The Morgan fingerprint density at radius 3 is 2.69 bits per heavy atom. The van der Waals surface area contributed by atoms with Crippen molar-refractivity contribution in [3.8, 4) is 17.0 Å². The van der Waals surface area contributed by atoms with Crippen molar-refractivity contribution >= 4 is 40.3 Å². The van der Waals surface area contributed by atoms with E-state index in [0.29, 0.717) is 29.1 Å². The van der Waals surface area contributed by atoms with Crippen LogP contribution in [0.5, 0.6) is 5.75 Å². The summed E-state index contributed by atoms with van der Waals surface area (Å²) in [6.45, 7) is 11.8. The van der Waals surface area contributed by atoms with E-state index in [2.05, 4.69) is 67.8 Å². The molecule has 0 fully saturated rings. The van der Waals surface area contributed by atoms with Crippen LogP contribution in [0, 0.1) is 0 Å². The fraction of sp³-hybridized carbons (Fsp3) is 0.406. The molecule has 0 saturated heterocycles. The van der Waals surface area contributed by atoms with Crippen molar-refractivity contribution in [3.63, 3.8) is 0 Å². The normalized spacial score (nSPS) is 13.8. The van der Waals surface area contributed by atoms with Gasteiger partial charge in [-0.3, -0.25) is 4.79 Å². The van der Waals surface area contributed by atoms with Gasteiger partial charge in [-0.1, -0.05) is 6.58 Å². The number of hydrogen-bond donors (Lipinski definition) is 2. The molecule has 10 nitrogen and oxygen atoms in total. The van der Waals surface area contributed by atoms with Crippen LogP contribution in [-0.4, -0.2) is 81.4 Å². The molecule has 2 N–H and O–H groups in total. The van der Waals surface area contributed by atoms with Gasteiger partial charge in [0.2, 0.25) is 11.9 Å². The monoisotopic (exact) mass is 570 g/mol. The largest absolute Gasteiger partial charge is 0.494 e. The van der Waals surface area contributed by atoms with E-state index in [0.717, 1.165) is 56.1 Å². The highest BCUT2D eigenvalue weighted by molar-refractivity contribution is 6.02. The predicted octanol–water partition coefficient (Wildman–Crippen LogP) is 4.96. The molecule has 0 radical (unpaired) electrons. The van der Waals surface area contributed by atoms with Crippen LogP contribution < -0.4 is 30.1 Å². The number of nitrogens with zero attached hydrogens (tertiary/aromatic N) is 6. The first-order valence-electron chi connectivity index (χ1n) is 14.5. The number of carbonyl (C=O) groups excluding carboxylic acids is 1. The van der Waals surface area contributed by atoms with E-state index in [9.17, 15) is 4.79 Å². The molecule has 3 aromatic rings. The van der Waals surface area contributed by atoms with Gasteiger partial charge in [0.1, 0.15) is 5.75 Å². The number of carbonyl (C=O) groups is 1. The van der Waals surface area contributed by atoms with Crippen LogP contribution in [0.1, 0.15) is 25.8 Å². The van der Waals surface area contributed by atoms with Gasteiger partial charge in [0, 0.05) is 50.6 Å². The van der Waals surface area contributed by atoms with Crippen LogP contribution >= 0.6 is 0 Å². The Balaban J connectivity index is 1.48. The number of hydrogen-bond acceptors (Lipinski definition) is 9. The molecule has 0 saturated carbocycles. The number of rotatable bonds is 11.